The van der Waals surface area contributed by atoms with Crippen LogP contribution in [0.25, 0.3) is 0 Å². The van der Waals surface area contributed by atoms with Crippen molar-refractivity contribution in [1.82, 2.24) is 10.3 Å². The highest BCUT2D eigenvalue weighted by Crippen LogP contribution is 2.21. The number of nitrogens with zero attached hydrogens (tertiary/aromatic N) is 1. The maximum Gasteiger partial charge on any atom is 0.107 e. The summed E-state index contributed by atoms with van der Waals surface area (Å²) in [6, 6.07) is 0. The van der Waals surface area contributed by atoms with Crippen molar-refractivity contribution in [2.45, 2.75) is 40.2 Å². The lowest BCUT2D eigenvalue weighted by atomic mass is 9.88. The Morgan fingerprint density at radius 2 is 2.25 bits per heavy atom. The summed E-state index contributed by atoms with van der Waals surface area (Å²) < 4.78 is 0. The average Bonchev–Trinajstić information content (AvgIpc) is 2.61. The number of rotatable bonds is 7. The van der Waals surface area contributed by atoms with Crippen molar-refractivity contribution < 1.29 is 5.11 Å². The molecule has 0 spiro atoms. The summed E-state index contributed by atoms with van der Waals surface area (Å²) in [7, 11) is 0. The van der Waals surface area contributed by atoms with Crippen LogP contribution in [-0.2, 0) is 6.54 Å². The second-order valence-electron chi connectivity index (χ2n) is 4.98. The van der Waals surface area contributed by atoms with Gasteiger partial charge in [-0.25, -0.2) is 4.98 Å². The highest BCUT2D eigenvalue weighted by Gasteiger charge is 2.16. The fourth-order valence-electron chi connectivity index (χ4n) is 1.64. The molecule has 0 fully saturated rings. The Hall–Kier alpha value is -0.450. The first kappa shape index (κ1) is 13.6. The summed E-state index contributed by atoms with van der Waals surface area (Å²) in [6.07, 6.45) is 1.93. The second kappa shape index (κ2) is 6.33. The second-order valence-corrected chi connectivity index (χ2v) is 5.92. The monoisotopic (exact) mass is 242 g/mol. The third kappa shape index (κ3) is 5.05. The van der Waals surface area contributed by atoms with Gasteiger partial charge in [0.25, 0.3) is 0 Å². The summed E-state index contributed by atoms with van der Waals surface area (Å²) in [5.41, 5.74) is 1.34. The Balaban J connectivity index is 2.24. The van der Waals surface area contributed by atoms with Gasteiger partial charge >= 0.3 is 0 Å². The van der Waals surface area contributed by atoms with Crippen LogP contribution in [0.1, 0.15) is 37.4 Å². The van der Waals surface area contributed by atoms with Crippen molar-refractivity contribution in [3.05, 3.63) is 16.1 Å². The summed E-state index contributed by atoms with van der Waals surface area (Å²) >= 11 is 1.70. The topological polar surface area (TPSA) is 45.1 Å². The van der Waals surface area contributed by atoms with Gasteiger partial charge in [0.05, 0.1) is 0 Å². The first-order valence-corrected chi connectivity index (χ1v) is 6.64. The number of hydrogen-bond donors (Lipinski definition) is 2. The van der Waals surface area contributed by atoms with E-state index in [2.05, 4.69) is 29.5 Å². The van der Waals surface area contributed by atoms with Gasteiger partial charge in [-0.1, -0.05) is 13.8 Å². The zero-order valence-electron chi connectivity index (χ0n) is 10.4. The summed E-state index contributed by atoms with van der Waals surface area (Å²) in [4.78, 5) is 4.41. The van der Waals surface area contributed by atoms with E-state index in [1.807, 2.05) is 6.92 Å². The number of aromatic nitrogens is 1. The molecule has 2 N–H and O–H groups in total. The molecule has 0 aromatic carbocycles. The van der Waals surface area contributed by atoms with Crippen molar-refractivity contribution >= 4 is 11.3 Å². The molecule has 0 aliphatic rings. The summed E-state index contributed by atoms with van der Waals surface area (Å²) in [6.45, 7) is 8.57. The number of thiazole rings is 1. The third-order valence-corrected chi connectivity index (χ3v) is 3.52. The van der Waals surface area contributed by atoms with Crippen LogP contribution in [0, 0.1) is 12.3 Å². The number of aliphatic hydroxyl groups is 1. The van der Waals surface area contributed by atoms with Crippen molar-refractivity contribution in [2.75, 3.05) is 13.2 Å². The standard InChI is InChI=1S/C12H22N2OS/c1-10-8-16-11(14-10)7-13-9-12(2,3)5-4-6-15/h8,13,15H,4-7,9H2,1-3H3. The van der Waals surface area contributed by atoms with E-state index in [1.54, 1.807) is 11.3 Å². The molecule has 1 rings (SSSR count). The van der Waals surface area contributed by atoms with E-state index >= 15 is 0 Å². The largest absolute Gasteiger partial charge is 0.396 e. The van der Waals surface area contributed by atoms with Gasteiger partial charge < -0.3 is 10.4 Å². The van der Waals surface area contributed by atoms with Crippen molar-refractivity contribution in [3.8, 4) is 0 Å². The third-order valence-electron chi connectivity index (χ3n) is 2.56. The maximum absolute atomic E-state index is 8.81. The molecule has 0 saturated carbocycles. The number of aliphatic hydroxyl groups excluding tert-OH is 1. The van der Waals surface area contributed by atoms with Gasteiger partial charge in [0.2, 0.25) is 0 Å². The van der Waals surface area contributed by atoms with E-state index in [9.17, 15) is 0 Å². The maximum atomic E-state index is 8.81. The van der Waals surface area contributed by atoms with Gasteiger partial charge in [-0.05, 0) is 25.2 Å². The molecule has 0 unspecified atom stereocenters. The molecule has 92 valence electrons. The SMILES string of the molecule is Cc1csc(CNCC(C)(C)CCCO)n1. The molecule has 0 bridgehead atoms. The van der Waals surface area contributed by atoms with Gasteiger partial charge in [0.15, 0.2) is 0 Å². The zero-order valence-corrected chi connectivity index (χ0v) is 11.2. The first-order chi connectivity index (χ1) is 7.53. The van der Waals surface area contributed by atoms with Gasteiger partial charge in [-0.15, -0.1) is 11.3 Å². The van der Waals surface area contributed by atoms with Gasteiger partial charge in [0.1, 0.15) is 5.01 Å². The summed E-state index contributed by atoms with van der Waals surface area (Å²) in [5.74, 6) is 0. The molecule has 3 nitrogen and oxygen atoms in total. The Labute approximate surface area is 102 Å². The molecular formula is C12H22N2OS. The Kier molecular flexibility index (Phi) is 5.38. The quantitative estimate of drug-likeness (QED) is 0.771. The lowest BCUT2D eigenvalue weighted by molar-refractivity contribution is 0.236. The molecule has 0 radical (unpaired) electrons. The predicted octanol–water partition coefficient (Wildman–Crippen LogP) is 2.34. The fraction of sp³-hybridized carbons (Fsp3) is 0.750. The molecule has 4 heteroatoms. The van der Waals surface area contributed by atoms with E-state index in [-0.39, 0.29) is 12.0 Å². The van der Waals surface area contributed by atoms with Crippen LogP contribution >= 0.6 is 11.3 Å². The first-order valence-electron chi connectivity index (χ1n) is 5.76. The molecule has 0 aliphatic carbocycles. The van der Waals surface area contributed by atoms with Crippen LogP contribution in [0.15, 0.2) is 5.38 Å². The summed E-state index contributed by atoms with van der Waals surface area (Å²) in [5, 5.41) is 15.5. The minimum atomic E-state index is 0.245. The minimum Gasteiger partial charge on any atom is -0.396 e. The van der Waals surface area contributed by atoms with Crippen molar-refractivity contribution in [1.29, 1.82) is 0 Å². The molecule has 1 aromatic heterocycles. The van der Waals surface area contributed by atoms with Crippen molar-refractivity contribution in [3.63, 3.8) is 0 Å². The Morgan fingerprint density at radius 1 is 1.50 bits per heavy atom. The van der Waals surface area contributed by atoms with Crippen molar-refractivity contribution in [2.24, 2.45) is 5.41 Å². The molecular weight excluding hydrogens is 220 g/mol. The molecule has 16 heavy (non-hydrogen) atoms. The average molecular weight is 242 g/mol. The number of hydrogen-bond acceptors (Lipinski definition) is 4. The molecule has 1 heterocycles. The van der Waals surface area contributed by atoms with E-state index in [1.165, 1.54) is 0 Å². The highest BCUT2D eigenvalue weighted by molar-refractivity contribution is 7.09. The van der Waals surface area contributed by atoms with Crippen LogP contribution in [-0.4, -0.2) is 23.2 Å². The highest BCUT2D eigenvalue weighted by atomic mass is 32.1. The lowest BCUT2D eigenvalue weighted by Crippen LogP contribution is -2.29. The van der Waals surface area contributed by atoms with Crippen LogP contribution in [0.4, 0.5) is 0 Å². The fourth-order valence-corrected chi connectivity index (χ4v) is 2.38. The minimum absolute atomic E-state index is 0.245. The zero-order chi connectivity index (χ0) is 12.0. The number of aryl methyl sites for hydroxylation is 1. The molecule has 0 amide bonds. The normalized spacial score (nSPS) is 12.0. The molecule has 0 atom stereocenters. The van der Waals surface area contributed by atoms with Gasteiger partial charge in [-0.3, -0.25) is 0 Å². The van der Waals surface area contributed by atoms with Gasteiger partial charge in [-0.2, -0.15) is 0 Å². The van der Waals surface area contributed by atoms with Gasteiger partial charge in [0, 0.05) is 30.8 Å². The molecule has 0 saturated heterocycles. The van der Waals surface area contributed by atoms with Crippen LogP contribution in [0.2, 0.25) is 0 Å². The van der Waals surface area contributed by atoms with Crippen LogP contribution in [0.3, 0.4) is 0 Å². The smallest absolute Gasteiger partial charge is 0.107 e. The molecule has 0 aliphatic heterocycles. The van der Waals surface area contributed by atoms with E-state index < -0.39 is 0 Å². The Morgan fingerprint density at radius 3 is 2.81 bits per heavy atom. The lowest BCUT2D eigenvalue weighted by Gasteiger charge is -2.24. The van der Waals surface area contributed by atoms with Crippen LogP contribution < -0.4 is 5.32 Å². The Bertz CT molecular complexity index is 310. The molecule has 1 aromatic rings. The van der Waals surface area contributed by atoms with E-state index in [0.717, 1.165) is 36.6 Å². The van der Waals surface area contributed by atoms with E-state index in [4.69, 9.17) is 5.11 Å². The predicted molar refractivity (Wildman–Crippen MR) is 68.7 cm³/mol. The van der Waals surface area contributed by atoms with Crippen LogP contribution in [0.5, 0.6) is 0 Å². The number of nitrogens with one attached hydrogen (secondary N) is 1. The van der Waals surface area contributed by atoms with E-state index in [0.29, 0.717) is 0 Å².